The average Bonchev–Trinajstić information content (AvgIpc) is 2.56. The molecule has 3 aromatic rings. The van der Waals surface area contributed by atoms with E-state index in [1.807, 2.05) is 13.8 Å². The van der Waals surface area contributed by atoms with Crippen molar-refractivity contribution in [1.29, 1.82) is 0 Å². The topological polar surface area (TPSA) is 0 Å². The molecule has 0 atom stereocenters. The summed E-state index contributed by atoms with van der Waals surface area (Å²) >= 11 is 0. The number of benzene rings is 3. The van der Waals surface area contributed by atoms with Gasteiger partial charge in [0.1, 0.15) is 0 Å². The predicted octanol–water partition coefficient (Wildman–Crippen LogP) is 5.96. The fourth-order valence-electron chi connectivity index (χ4n) is 2.74. The second-order valence-corrected chi connectivity index (χ2v) is 4.73. The molecule has 0 saturated heterocycles. The fourth-order valence-corrected chi connectivity index (χ4v) is 2.74. The molecule has 0 saturated carbocycles. The van der Waals surface area contributed by atoms with Crippen LogP contribution < -0.4 is 5.22 Å². The summed E-state index contributed by atoms with van der Waals surface area (Å²) in [4.78, 5) is 0. The van der Waals surface area contributed by atoms with Crippen molar-refractivity contribution in [2.24, 2.45) is 0 Å². The molecule has 0 heteroatoms. The summed E-state index contributed by atoms with van der Waals surface area (Å²) < 4.78 is 0. The van der Waals surface area contributed by atoms with Gasteiger partial charge in [0, 0.05) is 0 Å². The summed E-state index contributed by atoms with van der Waals surface area (Å²) in [5.74, 6) is 0. The van der Waals surface area contributed by atoms with E-state index in [9.17, 15) is 0 Å². The van der Waals surface area contributed by atoms with Crippen LogP contribution in [0.4, 0.5) is 0 Å². The molecule has 0 aromatic heterocycles. The van der Waals surface area contributed by atoms with Gasteiger partial charge in [-0.1, -0.05) is 56.3 Å². The minimum Gasteiger partial charge on any atom is -0.106 e. The van der Waals surface area contributed by atoms with Gasteiger partial charge in [-0.2, -0.15) is 0 Å². The molecule has 0 aliphatic rings. The first-order chi connectivity index (χ1) is 10.2. The highest BCUT2D eigenvalue weighted by Gasteiger charge is 2.06. The molecular formula is C21H26. The average molecular weight is 278 g/mol. The van der Waals surface area contributed by atoms with Crippen molar-refractivity contribution in [3.8, 4) is 0 Å². The lowest BCUT2D eigenvalue weighted by Crippen LogP contribution is -2.03. The Hall–Kier alpha value is -2.08. The quantitative estimate of drug-likeness (QED) is 0.445. The maximum atomic E-state index is 3.00. The van der Waals surface area contributed by atoms with E-state index in [-0.39, 0.29) is 0 Å². The molecule has 110 valence electrons. The van der Waals surface area contributed by atoms with E-state index >= 15 is 0 Å². The standard InChI is InChI=1S/C17H16.C2H6.C2H4/c1-4-13-8-9-14-7-5-11(2)15-10-6-12(3)16(13)17(14)15;2*1-2/h4-10H,1-3H3;1-2H3;1-2H2/b13-4-;;. The first-order valence-electron chi connectivity index (χ1n) is 7.60. The Morgan fingerprint density at radius 3 is 1.95 bits per heavy atom. The van der Waals surface area contributed by atoms with Crippen LogP contribution in [-0.4, -0.2) is 0 Å². The van der Waals surface area contributed by atoms with Crippen LogP contribution >= 0.6 is 0 Å². The smallest absolute Gasteiger partial charge is 0.00276 e. The minimum absolute atomic E-state index is 1.34. The van der Waals surface area contributed by atoms with Gasteiger partial charge in [0.05, 0.1) is 0 Å². The number of rotatable bonds is 0. The summed E-state index contributed by atoms with van der Waals surface area (Å²) in [6, 6.07) is 13.4. The molecule has 0 spiro atoms. The van der Waals surface area contributed by atoms with Crippen LogP contribution in [0.3, 0.4) is 0 Å². The van der Waals surface area contributed by atoms with Gasteiger partial charge < -0.3 is 0 Å². The lowest BCUT2D eigenvalue weighted by atomic mass is 9.93. The molecule has 0 bridgehead atoms. The van der Waals surface area contributed by atoms with Crippen LogP contribution in [0.2, 0.25) is 0 Å². The van der Waals surface area contributed by atoms with Crippen LogP contribution in [0, 0.1) is 13.8 Å². The first kappa shape index (κ1) is 17.0. The van der Waals surface area contributed by atoms with E-state index in [1.165, 1.54) is 37.9 Å². The van der Waals surface area contributed by atoms with Gasteiger partial charge in [-0.3, -0.25) is 0 Å². The molecule has 0 aliphatic carbocycles. The molecule has 0 aliphatic heterocycles. The third-order valence-electron chi connectivity index (χ3n) is 3.68. The summed E-state index contributed by atoms with van der Waals surface area (Å²) in [6.07, 6.45) is 2.20. The van der Waals surface area contributed by atoms with Crippen LogP contribution in [0.15, 0.2) is 49.6 Å². The molecule has 0 fully saturated rings. The number of hydrogen-bond acceptors (Lipinski definition) is 0. The van der Waals surface area contributed by atoms with E-state index in [4.69, 9.17) is 0 Å². The minimum atomic E-state index is 1.34. The number of aryl methyl sites for hydroxylation is 2. The zero-order chi connectivity index (χ0) is 16.0. The SMILES string of the molecule is C/C=c1/ccc2ccc(C)c3ccc(C)c1c23.C=C.CC. The normalized spacial score (nSPS) is 10.8. The maximum Gasteiger partial charge on any atom is -0.00276 e. The van der Waals surface area contributed by atoms with Gasteiger partial charge in [-0.05, 0) is 58.7 Å². The summed E-state index contributed by atoms with van der Waals surface area (Å²) in [5, 5.41) is 6.89. The van der Waals surface area contributed by atoms with Crippen molar-refractivity contribution >= 4 is 27.6 Å². The third-order valence-corrected chi connectivity index (χ3v) is 3.68. The second-order valence-electron chi connectivity index (χ2n) is 4.73. The Labute approximate surface area is 128 Å². The maximum absolute atomic E-state index is 3.00. The molecule has 0 N–H and O–H groups in total. The Kier molecular flexibility index (Phi) is 6.17. The van der Waals surface area contributed by atoms with E-state index < -0.39 is 0 Å². The molecule has 21 heavy (non-hydrogen) atoms. The van der Waals surface area contributed by atoms with Gasteiger partial charge in [0.15, 0.2) is 0 Å². The van der Waals surface area contributed by atoms with Crippen molar-refractivity contribution in [2.45, 2.75) is 34.6 Å². The van der Waals surface area contributed by atoms with Gasteiger partial charge in [0.25, 0.3) is 0 Å². The monoisotopic (exact) mass is 278 g/mol. The predicted molar refractivity (Wildman–Crippen MR) is 98.9 cm³/mol. The summed E-state index contributed by atoms with van der Waals surface area (Å²) in [6.45, 7) is 16.5. The van der Waals surface area contributed by atoms with Gasteiger partial charge >= 0.3 is 0 Å². The van der Waals surface area contributed by atoms with Crippen LogP contribution in [0.25, 0.3) is 27.6 Å². The highest BCUT2D eigenvalue weighted by atomic mass is 14.1. The van der Waals surface area contributed by atoms with Crippen molar-refractivity contribution in [3.63, 3.8) is 0 Å². The molecule has 0 nitrogen and oxygen atoms in total. The summed E-state index contributed by atoms with van der Waals surface area (Å²) in [5.41, 5.74) is 2.72. The summed E-state index contributed by atoms with van der Waals surface area (Å²) in [7, 11) is 0. The fraction of sp³-hybridized carbons (Fsp3) is 0.238. The zero-order valence-corrected chi connectivity index (χ0v) is 14.0. The van der Waals surface area contributed by atoms with E-state index in [0.717, 1.165) is 0 Å². The highest BCUT2D eigenvalue weighted by Crippen LogP contribution is 2.29. The zero-order valence-electron chi connectivity index (χ0n) is 14.0. The lowest BCUT2D eigenvalue weighted by molar-refractivity contribution is 1.49. The molecule has 3 rings (SSSR count). The van der Waals surface area contributed by atoms with E-state index in [0.29, 0.717) is 0 Å². The van der Waals surface area contributed by atoms with Crippen molar-refractivity contribution < 1.29 is 0 Å². The Bertz CT molecular complexity index is 779. The second kappa shape index (κ2) is 7.64. The van der Waals surface area contributed by atoms with Gasteiger partial charge in [-0.25, -0.2) is 0 Å². The van der Waals surface area contributed by atoms with Crippen molar-refractivity contribution in [1.82, 2.24) is 0 Å². The third kappa shape index (κ3) is 3.00. The van der Waals surface area contributed by atoms with Crippen molar-refractivity contribution in [3.05, 3.63) is 65.9 Å². The van der Waals surface area contributed by atoms with E-state index in [2.05, 4.69) is 76.4 Å². The Morgan fingerprint density at radius 1 is 0.762 bits per heavy atom. The van der Waals surface area contributed by atoms with Crippen molar-refractivity contribution in [2.75, 3.05) is 0 Å². The van der Waals surface area contributed by atoms with Crippen LogP contribution in [-0.2, 0) is 0 Å². The van der Waals surface area contributed by atoms with Crippen LogP contribution in [0.1, 0.15) is 31.9 Å². The molecular weight excluding hydrogens is 252 g/mol. The van der Waals surface area contributed by atoms with E-state index in [1.54, 1.807) is 0 Å². The molecule has 0 radical (unpaired) electrons. The largest absolute Gasteiger partial charge is 0.106 e. The Balaban J connectivity index is 0.000000510. The molecule has 0 amide bonds. The highest BCUT2D eigenvalue weighted by molar-refractivity contribution is 6.12. The molecule has 0 unspecified atom stereocenters. The molecule has 0 heterocycles. The lowest BCUT2D eigenvalue weighted by Gasteiger charge is -2.11. The Morgan fingerprint density at radius 2 is 1.33 bits per heavy atom. The first-order valence-corrected chi connectivity index (χ1v) is 7.60. The van der Waals surface area contributed by atoms with Gasteiger partial charge in [-0.15, -0.1) is 13.2 Å². The van der Waals surface area contributed by atoms with Crippen LogP contribution in [0.5, 0.6) is 0 Å². The van der Waals surface area contributed by atoms with Gasteiger partial charge in [0.2, 0.25) is 0 Å². The molecule has 3 aromatic carbocycles. The number of hydrogen-bond donors (Lipinski definition) is 0.